The molecule has 2 aromatic rings. The molecule has 0 spiro atoms. The SMILES string of the molecule is CC(C)(C)n1cc(C#N)cc1NC(=O)[C@@H]1Cc2cc(Cl)ccc2O1. The Kier molecular flexibility index (Phi) is 4.02. The number of carbonyl (C=O) groups is 1. The molecule has 1 atom stereocenters. The van der Waals surface area contributed by atoms with Gasteiger partial charge in [-0.25, -0.2) is 0 Å². The molecule has 0 unspecified atom stereocenters. The molecule has 1 aliphatic rings. The first-order chi connectivity index (χ1) is 11.3. The van der Waals surface area contributed by atoms with Crippen molar-refractivity contribution in [1.82, 2.24) is 4.57 Å². The van der Waals surface area contributed by atoms with Crippen LogP contribution >= 0.6 is 11.6 Å². The summed E-state index contributed by atoms with van der Waals surface area (Å²) in [6, 6.07) is 9.10. The Morgan fingerprint density at radius 2 is 2.17 bits per heavy atom. The normalized spacial score (nSPS) is 16.2. The van der Waals surface area contributed by atoms with Gasteiger partial charge in [0.1, 0.15) is 17.6 Å². The van der Waals surface area contributed by atoms with E-state index in [1.54, 1.807) is 24.4 Å². The summed E-state index contributed by atoms with van der Waals surface area (Å²) in [4.78, 5) is 12.6. The summed E-state index contributed by atoms with van der Waals surface area (Å²) in [6.45, 7) is 6.02. The van der Waals surface area contributed by atoms with Crippen molar-refractivity contribution >= 4 is 23.3 Å². The maximum absolute atomic E-state index is 12.6. The van der Waals surface area contributed by atoms with Gasteiger partial charge in [-0.15, -0.1) is 0 Å². The third-order valence-corrected chi connectivity index (χ3v) is 4.15. The van der Waals surface area contributed by atoms with E-state index in [1.165, 1.54) is 0 Å². The first kappa shape index (κ1) is 16.4. The van der Waals surface area contributed by atoms with Gasteiger partial charge in [0.2, 0.25) is 0 Å². The molecule has 1 amide bonds. The van der Waals surface area contributed by atoms with Gasteiger partial charge < -0.3 is 14.6 Å². The number of halogens is 1. The summed E-state index contributed by atoms with van der Waals surface area (Å²) < 4.78 is 7.59. The molecule has 0 fully saturated rings. The van der Waals surface area contributed by atoms with E-state index < -0.39 is 6.10 Å². The highest BCUT2D eigenvalue weighted by atomic mass is 35.5. The van der Waals surface area contributed by atoms with Crippen LogP contribution in [0.4, 0.5) is 5.82 Å². The number of nitrogens with one attached hydrogen (secondary N) is 1. The van der Waals surface area contributed by atoms with Crippen molar-refractivity contribution < 1.29 is 9.53 Å². The summed E-state index contributed by atoms with van der Waals surface area (Å²) in [7, 11) is 0. The smallest absolute Gasteiger partial charge is 0.266 e. The highest BCUT2D eigenvalue weighted by Gasteiger charge is 2.30. The van der Waals surface area contributed by atoms with E-state index in [0.717, 1.165) is 5.56 Å². The van der Waals surface area contributed by atoms with Crippen molar-refractivity contribution in [2.75, 3.05) is 5.32 Å². The van der Waals surface area contributed by atoms with Gasteiger partial charge in [0, 0.05) is 23.2 Å². The molecule has 1 aromatic heterocycles. The van der Waals surface area contributed by atoms with E-state index in [1.807, 2.05) is 31.4 Å². The number of aromatic nitrogens is 1. The Bertz CT molecular complexity index is 843. The molecule has 124 valence electrons. The number of amides is 1. The zero-order chi connectivity index (χ0) is 17.5. The highest BCUT2D eigenvalue weighted by molar-refractivity contribution is 6.30. The third kappa shape index (κ3) is 3.10. The third-order valence-electron chi connectivity index (χ3n) is 3.91. The lowest BCUT2D eigenvalue weighted by molar-refractivity contribution is -0.122. The van der Waals surface area contributed by atoms with Crippen LogP contribution in [0.2, 0.25) is 5.02 Å². The van der Waals surface area contributed by atoms with Crippen molar-refractivity contribution in [2.24, 2.45) is 0 Å². The zero-order valence-electron chi connectivity index (χ0n) is 13.8. The number of rotatable bonds is 2. The highest BCUT2D eigenvalue weighted by Crippen LogP contribution is 2.32. The van der Waals surface area contributed by atoms with Crippen LogP contribution in [-0.2, 0) is 16.8 Å². The van der Waals surface area contributed by atoms with Crippen molar-refractivity contribution in [2.45, 2.75) is 38.8 Å². The second-order valence-electron chi connectivity index (χ2n) is 6.82. The van der Waals surface area contributed by atoms with Crippen molar-refractivity contribution in [3.05, 3.63) is 46.6 Å². The number of fused-ring (bicyclic) bond motifs is 1. The summed E-state index contributed by atoms with van der Waals surface area (Å²) >= 11 is 5.98. The van der Waals surface area contributed by atoms with Gasteiger partial charge in [0.05, 0.1) is 5.56 Å². The molecular formula is C18H18ClN3O2. The van der Waals surface area contributed by atoms with E-state index in [9.17, 15) is 4.79 Å². The number of ether oxygens (including phenoxy) is 1. The monoisotopic (exact) mass is 343 g/mol. The van der Waals surface area contributed by atoms with E-state index in [2.05, 4.69) is 11.4 Å². The number of hydrogen-bond acceptors (Lipinski definition) is 3. The molecule has 0 saturated carbocycles. The minimum Gasteiger partial charge on any atom is -0.480 e. The van der Waals surface area contributed by atoms with Crippen LogP contribution in [0.3, 0.4) is 0 Å². The number of anilines is 1. The Morgan fingerprint density at radius 1 is 1.42 bits per heavy atom. The minimum absolute atomic E-state index is 0.240. The summed E-state index contributed by atoms with van der Waals surface area (Å²) in [5, 5.41) is 12.6. The average molecular weight is 344 g/mol. The molecule has 24 heavy (non-hydrogen) atoms. The molecule has 1 aromatic carbocycles. The number of nitriles is 1. The van der Waals surface area contributed by atoms with E-state index in [-0.39, 0.29) is 11.4 Å². The van der Waals surface area contributed by atoms with E-state index in [0.29, 0.717) is 28.6 Å². The maximum atomic E-state index is 12.6. The lowest BCUT2D eigenvalue weighted by Crippen LogP contribution is -2.33. The van der Waals surface area contributed by atoms with Crippen molar-refractivity contribution in [1.29, 1.82) is 5.26 Å². The molecule has 5 nitrogen and oxygen atoms in total. The molecule has 2 heterocycles. The summed E-state index contributed by atoms with van der Waals surface area (Å²) in [6.07, 6.45) is 1.61. The molecule has 3 rings (SSSR count). The van der Waals surface area contributed by atoms with Gasteiger partial charge in [0.15, 0.2) is 6.10 Å². The Hall–Kier alpha value is -2.45. The van der Waals surface area contributed by atoms with Crippen LogP contribution in [0.15, 0.2) is 30.5 Å². The zero-order valence-corrected chi connectivity index (χ0v) is 14.5. The average Bonchev–Trinajstić information content (AvgIpc) is 3.09. The maximum Gasteiger partial charge on any atom is 0.266 e. The number of carbonyl (C=O) groups excluding carboxylic acids is 1. The predicted octanol–water partition coefficient (Wildman–Crippen LogP) is 3.71. The van der Waals surface area contributed by atoms with Gasteiger partial charge in [-0.2, -0.15) is 5.26 Å². The molecule has 1 aliphatic heterocycles. The Labute approximate surface area is 145 Å². The van der Waals surface area contributed by atoms with E-state index >= 15 is 0 Å². The van der Waals surface area contributed by atoms with Crippen molar-refractivity contribution in [3.8, 4) is 11.8 Å². The molecule has 6 heteroatoms. The van der Waals surface area contributed by atoms with Gasteiger partial charge in [-0.3, -0.25) is 4.79 Å². The van der Waals surface area contributed by atoms with Gasteiger partial charge in [0.25, 0.3) is 5.91 Å². The fraction of sp³-hybridized carbons (Fsp3) is 0.333. The first-order valence-electron chi connectivity index (χ1n) is 7.67. The van der Waals surface area contributed by atoms with Crippen molar-refractivity contribution in [3.63, 3.8) is 0 Å². The van der Waals surface area contributed by atoms with Crippen LogP contribution in [0, 0.1) is 11.3 Å². The lowest BCUT2D eigenvalue weighted by atomic mass is 10.1. The van der Waals surface area contributed by atoms with Gasteiger partial charge in [-0.1, -0.05) is 11.6 Å². The fourth-order valence-electron chi connectivity index (χ4n) is 2.75. The van der Waals surface area contributed by atoms with Gasteiger partial charge >= 0.3 is 0 Å². The summed E-state index contributed by atoms with van der Waals surface area (Å²) in [5.41, 5.74) is 1.17. The van der Waals surface area contributed by atoms with Gasteiger partial charge in [-0.05, 0) is 50.6 Å². The minimum atomic E-state index is -0.604. The van der Waals surface area contributed by atoms with Crippen LogP contribution in [0.5, 0.6) is 5.75 Å². The largest absolute Gasteiger partial charge is 0.480 e. The quantitative estimate of drug-likeness (QED) is 0.903. The molecular weight excluding hydrogens is 326 g/mol. The second-order valence-corrected chi connectivity index (χ2v) is 7.25. The number of nitrogens with zero attached hydrogens (tertiary/aromatic N) is 2. The van der Waals surface area contributed by atoms with Crippen LogP contribution in [-0.4, -0.2) is 16.6 Å². The van der Waals surface area contributed by atoms with E-state index in [4.69, 9.17) is 21.6 Å². The molecule has 0 bridgehead atoms. The molecule has 0 aliphatic carbocycles. The fourth-order valence-corrected chi connectivity index (χ4v) is 2.94. The summed E-state index contributed by atoms with van der Waals surface area (Å²) in [5.74, 6) is 1.03. The number of hydrogen-bond donors (Lipinski definition) is 1. The molecule has 0 radical (unpaired) electrons. The lowest BCUT2D eigenvalue weighted by Gasteiger charge is -2.24. The Balaban J connectivity index is 1.80. The predicted molar refractivity (Wildman–Crippen MR) is 92.3 cm³/mol. The second kappa shape index (κ2) is 5.88. The Morgan fingerprint density at radius 3 is 2.83 bits per heavy atom. The topological polar surface area (TPSA) is 67.0 Å². The van der Waals surface area contributed by atoms with Crippen LogP contribution in [0.1, 0.15) is 31.9 Å². The molecule has 1 N–H and O–H groups in total. The molecule has 0 saturated heterocycles. The number of benzene rings is 1. The van der Waals surface area contributed by atoms with Crippen LogP contribution in [0.25, 0.3) is 0 Å². The van der Waals surface area contributed by atoms with Crippen LogP contribution < -0.4 is 10.1 Å². The standard InChI is InChI=1S/C18H18ClN3O2/c1-18(2,3)22-10-11(9-20)6-16(22)21-17(23)15-8-12-7-13(19)4-5-14(12)24-15/h4-7,10,15H,8H2,1-3H3,(H,21,23)/t15-/m0/s1. The first-order valence-corrected chi connectivity index (χ1v) is 8.04.